The summed E-state index contributed by atoms with van der Waals surface area (Å²) in [6.07, 6.45) is 33.4. The molecule has 0 aromatic rings. The van der Waals surface area contributed by atoms with E-state index in [0.717, 1.165) is 63.0 Å². The van der Waals surface area contributed by atoms with Gasteiger partial charge in [0, 0.05) is 12.8 Å². The molecule has 0 saturated heterocycles. The number of hydrogen-bond acceptors (Lipinski definition) is 4. The lowest BCUT2D eigenvalue weighted by molar-refractivity contribution is -0.143. The molecule has 0 aromatic carbocycles. The fraction of sp³-hybridized carbons (Fsp3) is 0.939. The third-order valence-corrected chi connectivity index (χ3v) is 7.61. The Morgan fingerprint density at radius 3 is 1.19 bits per heavy atom. The molecular weight excluding hydrogens is 476 g/mol. The van der Waals surface area contributed by atoms with Crippen molar-refractivity contribution in [2.24, 2.45) is 0 Å². The molecule has 0 heterocycles. The number of thiocarbonyl (C=S) groups is 1. The van der Waals surface area contributed by atoms with Crippen molar-refractivity contribution in [3.05, 3.63) is 0 Å². The van der Waals surface area contributed by atoms with Gasteiger partial charge in [0.15, 0.2) is 5.05 Å². The van der Waals surface area contributed by atoms with Crippen molar-refractivity contribution in [1.82, 2.24) is 0 Å². The summed E-state index contributed by atoms with van der Waals surface area (Å²) in [7, 11) is 0. The van der Waals surface area contributed by atoms with Crippen LogP contribution in [0.2, 0.25) is 0 Å². The van der Waals surface area contributed by atoms with E-state index in [2.05, 4.69) is 13.8 Å². The van der Waals surface area contributed by atoms with Crippen LogP contribution in [0.25, 0.3) is 0 Å². The van der Waals surface area contributed by atoms with Crippen LogP contribution in [0.1, 0.15) is 187 Å². The van der Waals surface area contributed by atoms with Gasteiger partial charge in [-0.3, -0.25) is 4.79 Å². The van der Waals surface area contributed by atoms with Gasteiger partial charge < -0.3 is 9.47 Å². The smallest absolute Gasteiger partial charge is 0.305 e. The Morgan fingerprint density at radius 2 is 0.757 bits per heavy atom. The second kappa shape index (κ2) is 31.6. The molecule has 220 valence electrons. The number of unbranched alkanes of at least 4 members (excludes halogenated alkanes) is 22. The first kappa shape index (κ1) is 36.4. The lowest BCUT2D eigenvalue weighted by Gasteiger charge is -2.08. The first-order chi connectivity index (χ1) is 18.2. The molecule has 0 aliphatic carbocycles. The molecule has 3 nitrogen and oxygen atoms in total. The second-order valence-corrected chi connectivity index (χ2v) is 11.5. The van der Waals surface area contributed by atoms with Crippen molar-refractivity contribution in [2.75, 3.05) is 13.2 Å². The first-order valence-electron chi connectivity index (χ1n) is 16.5. The summed E-state index contributed by atoms with van der Waals surface area (Å²) in [4.78, 5) is 11.9. The van der Waals surface area contributed by atoms with Crippen molar-refractivity contribution in [3.8, 4) is 0 Å². The van der Waals surface area contributed by atoms with Gasteiger partial charge in [0.05, 0.1) is 13.2 Å². The quantitative estimate of drug-likeness (QED) is 0.0515. The third kappa shape index (κ3) is 31.5. The summed E-state index contributed by atoms with van der Waals surface area (Å²) in [5.74, 6) is -0.0162. The van der Waals surface area contributed by atoms with Gasteiger partial charge in [-0.25, -0.2) is 0 Å². The van der Waals surface area contributed by atoms with Crippen LogP contribution >= 0.6 is 12.2 Å². The van der Waals surface area contributed by atoms with Gasteiger partial charge in [0.2, 0.25) is 0 Å². The summed E-state index contributed by atoms with van der Waals surface area (Å²) < 4.78 is 11.1. The van der Waals surface area contributed by atoms with E-state index in [4.69, 9.17) is 21.7 Å². The predicted octanol–water partition coefficient (Wildman–Crippen LogP) is 11.4. The minimum Gasteiger partial charge on any atom is -0.487 e. The van der Waals surface area contributed by atoms with E-state index in [9.17, 15) is 4.79 Å². The van der Waals surface area contributed by atoms with Crippen LogP contribution in [-0.4, -0.2) is 24.2 Å². The molecular formula is C33H64O3S. The summed E-state index contributed by atoms with van der Waals surface area (Å²) >= 11 is 5.37. The number of ether oxygens (including phenoxy) is 2. The van der Waals surface area contributed by atoms with Crippen LogP contribution in [0.5, 0.6) is 0 Å². The van der Waals surface area contributed by atoms with Crippen LogP contribution in [0.15, 0.2) is 0 Å². The van der Waals surface area contributed by atoms with E-state index in [1.54, 1.807) is 0 Å². The van der Waals surface area contributed by atoms with Gasteiger partial charge in [-0.15, -0.1) is 0 Å². The van der Waals surface area contributed by atoms with Crippen molar-refractivity contribution in [2.45, 2.75) is 187 Å². The maximum absolute atomic E-state index is 11.9. The predicted molar refractivity (Wildman–Crippen MR) is 166 cm³/mol. The number of hydrogen-bond donors (Lipinski definition) is 0. The average Bonchev–Trinajstić information content (AvgIpc) is 2.89. The van der Waals surface area contributed by atoms with Gasteiger partial charge >= 0.3 is 5.97 Å². The molecule has 0 spiro atoms. The molecule has 4 heteroatoms. The summed E-state index contributed by atoms with van der Waals surface area (Å²) in [5, 5.41) is 0.784. The van der Waals surface area contributed by atoms with E-state index in [1.165, 1.54) is 116 Å². The molecule has 0 atom stereocenters. The number of carbonyl (C=O) groups excluding carboxylic acids is 1. The van der Waals surface area contributed by atoms with Gasteiger partial charge in [-0.1, -0.05) is 149 Å². The minimum absolute atomic E-state index is 0.0162. The zero-order valence-corrected chi connectivity index (χ0v) is 26.0. The molecule has 0 rings (SSSR count). The minimum atomic E-state index is -0.0162. The molecule has 0 aliphatic heterocycles. The summed E-state index contributed by atoms with van der Waals surface area (Å²) in [6.45, 7) is 5.93. The molecule has 0 unspecified atom stereocenters. The Balaban J connectivity index is 3.26. The number of carbonyl (C=O) groups is 1. The number of rotatable bonds is 30. The van der Waals surface area contributed by atoms with Crippen LogP contribution in [-0.2, 0) is 14.3 Å². The average molecular weight is 541 g/mol. The van der Waals surface area contributed by atoms with Crippen LogP contribution in [0.4, 0.5) is 0 Å². The summed E-state index contributed by atoms with van der Waals surface area (Å²) in [6, 6.07) is 0. The maximum atomic E-state index is 11.9. The van der Waals surface area contributed by atoms with E-state index in [0.29, 0.717) is 13.0 Å². The van der Waals surface area contributed by atoms with Crippen molar-refractivity contribution in [3.63, 3.8) is 0 Å². The lowest BCUT2D eigenvalue weighted by Crippen LogP contribution is -2.05. The second-order valence-electron chi connectivity index (χ2n) is 11.1. The standard InChI is InChI=1S/C33H64O3S/c1-3-5-7-9-11-13-15-17-22-26-30-35-32(34)28-24-20-19-21-25-29-33(37)36-31-27-23-18-16-14-12-10-8-6-4-2/h3-31H2,1-2H3. The van der Waals surface area contributed by atoms with Gasteiger partial charge in [0.1, 0.15) is 0 Å². The van der Waals surface area contributed by atoms with Crippen molar-refractivity contribution < 1.29 is 14.3 Å². The molecule has 0 radical (unpaired) electrons. The molecule has 0 saturated carbocycles. The third-order valence-electron chi connectivity index (χ3n) is 7.28. The van der Waals surface area contributed by atoms with Gasteiger partial charge in [0.25, 0.3) is 0 Å². The largest absolute Gasteiger partial charge is 0.487 e. The van der Waals surface area contributed by atoms with E-state index >= 15 is 0 Å². The van der Waals surface area contributed by atoms with Crippen molar-refractivity contribution in [1.29, 1.82) is 0 Å². The zero-order chi connectivity index (χ0) is 27.1. The highest BCUT2D eigenvalue weighted by molar-refractivity contribution is 7.80. The van der Waals surface area contributed by atoms with Gasteiger partial charge in [-0.05, 0) is 37.9 Å². The Kier molecular flexibility index (Phi) is 31.0. The molecule has 0 amide bonds. The highest BCUT2D eigenvalue weighted by atomic mass is 32.1. The van der Waals surface area contributed by atoms with Crippen LogP contribution in [0, 0.1) is 0 Å². The SMILES string of the molecule is CCCCCCCCCCCCOC(=O)CCCCCCCC(=S)OCCCCCCCCCCCC. The van der Waals surface area contributed by atoms with E-state index in [-0.39, 0.29) is 5.97 Å². The first-order valence-corrected chi connectivity index (χ1v) is 16.9. The summed E-state index contributed by atoms with van der Waals surface area (Å²) in [5.41, 5.74) is 0. The zero-order valence-electron chi connectivity index (χ0n) is 25.1. The van der Waals surface area contributed by atoms with Crippen LogP contribution in [0.3, 0.4) is 0 Å². The Labute approximate surface area is 237 Å². The molecule has 0 aliphatic rings. The van der Waals surface area contributed by atoms with E-state index in [1.807, 2.05) is 0 Å². The monoisotopic (exact) mass is 540 g/mol. The molecule has 0 N–H and O–H groups in total. The molecule has 0 fully saturated rings. The lowest BCUT2D eigenvalue weighted by atomic mass is 10.1. The Hall–Kier alpha value is -0.640. The molecule has 0 aromatic heterocycles. The Bertz CT molecular complexity index is 438. The number of esters is 1. The fourth-order valence-electron chi connectivity index (χ4n) is 4.76. The highest BCUT2D eigenvalue weighted by Crippen LogP contribution is 2.13. The fourth-order valence-corrected chi connectivity index (χ4v) is 4.99. The van der Waals surface area contributed by atoms with Gasteiger partial charge in [-0.2, -0.15) is 0 Å². The van der Waals surface area contributed by atoms with Crippen molar-refractivity contribution >= 4 is 23.2 Å². The van der Waals surface area contributed by atoms with E-state index < -0.39 is 0 Å². The Morgan fingerprint density at radius 1 is 0.432 bits per heavy atom. The van der Waals surface area contributed by atoms with Crippen LogP contribution < -0.4 is 0 Å². The highest BCUT2D eigenvalue weighted by Gasteiger charge is 2.03. The molecule has 37 heavy (non-hydrogen) atoms. The normalized spacial score (nSPS) is 11.1. The maximum Gasteiger partial charge on any atom is 0.305 e. The molecule has 0 bridgehead atoms. The topological polar surface area (TPSA) is 35.5 Å².